The normalized spacial score (nSPS) is 12.1. The highest BCUT2D eigenvalue weighted by molar-refractivity contribution is 7.91. The van der Waals surface area contributed by atoms with Crippen LogP contribution in [0.3, 0.4) is 0 Å². The second-order valence-corrected chi connectivity index (χ2v) is 9.08. The van der Waals surface area contributed by atoms with Gasteiger partial charge in [0.05, 0.1) is 16.9 Å². The van der Waals surface area contributed by atoms with E-state index < -0.39 is 14.6 Å². The molecule has 0 atom stereocenters. The Bertz CT molecular complexity index is 777. The Hall–Kier alpha value is -2.08. The summed E-state index contributed by atoms with van der Waals surface area (Å²) < 4.78 is 23.6. The monoisotopic (exact) mass is 332 g/mol. The van der Waals surface area contributed by atoms with Crippen molar-refractivity contribution >= 4 is 15.6 Å². The molecule has 2 rings (SSSR count). The third-order valence-electron chi connectivity index (χ3n) is 3.50. The van der Waals surface area contributed by atoms with Crippen LogP contribution >= 0.6 is 0 Å². The summed E-state index contributed by atoms with van der Waals surface area (Å²) in [6.07, 6.45) is 3.31. The van der Waals surface area contributed by atoms with Gasteiger partial charge in [0.1, 0.15) is 5.82 Å². The number of sulfone groups is 1. The maximum atomic E-state index is 12.2. The molecule has 5 nitrogen and oxygen atoms in total. The second-order valence-electron chi connectivity index (χ2n) is 6.33. The first-order valence-electron chi connectivity index (χ1n) is 7.29. The van der Waals surface area contributed by atoms with E-state index in [0.29, 0.717) is 17.0 Å². The molecule has 2 aromatic rings. The lowest BCUT2D eigenvalue weighted by Gasteiger charge is -2.19. The first-order chi connectivity index (χ1) is 10.7. The van der Waals surface area contributed by atoms with Crippen LogP contribution in [0.25, 0.3) is 0 Å². The number of nitrogens with zero attached hydrogens (tertiary/aromatic N) is 2. The minimum absolute atomic E-state index is 0.0350. The van der Waals surface area contributed by atoms with E-state index in [1.165, 1.54) is 0 Å². The maximum absolute atomic E-state index is 12.2. The van der Waals surface area contributed by atoms with E-state index in [9.17, 15) is 13.2 Å². The summed E-state index contributed by atoms with van der Waals surface area (Å²) in [6.45, 7) is 5.04. The molecule has 0 spiro atoms. The fourth-order valence-electron chi connectivity index (χ4n) is 1.89. The molecule has 0 fully saturated rings. The summed E-state index contributed by atoms with van der Waals surface area (Å²) in [5, 5.41) is 0. The highest BCUT2D eigenvalue weighted by Gasteiger charge is 2.28. The van der Waals surface area contributed by atoms with Crippen LogP contribution < -0.4 is 0 Å². The lowest BCUT2D eigenvalue weighted by atomic mass is 10.1. The SMILES string of the molecule is CC(C)(C)S(=O)(=O)Cc1ccc(C(=O)Cc2ncccn2)cc1. The maximum Gasteiger partial charge on any atom is 0.170 e. The van der Waals surface area contributed by atoms with Crippen LogP contribution in [0.15, 0.2) is 42.7 Å². The molecule has 0 N–H and O–H groups in total. The van der Waals surface area contributed by atoms with Crippen LogP contribution in [0.1, 0.15) is 42.5 Å². The number of hydrogen-bond acceptors (Lipinski definition) is 5. The molecule has 1 heterocycles. The topological polar surface area (TPSA) is 77.0 Å². The van der Waals surface area contributed by atoms with Gasteiger partial charge in [0.25, 0.3) is 0 Å². The Labute approximate surface area is 136 Å². The zero-order chi connectivity index (χ0) is 17.1. The standard InChI is InChI=1S/C17H20N2O3S/c1-17(2,3)23(21,22)12-13-5-7-14(8-6-13)15(20)11-16-18-9-4-10-19-16/h4-10H,11-12H2,1-3H3. The van der Waals surface area contributed by atoms with Gasteiger partial charge in [-0.2, -0.15) is 0 Å². The molecule has 0 unspecified atom stereocenters. The molecule has 0 aliphatic rings. The van der Waals surface area contributed by atoms with Crippen LogP contribution in [0.4, 0.5) is 0 Å². The largest absolute Gasteiger partial charge is 0.294 e. The summed E-state index contributed by atoms with van der Waals surface area (Å²) in [5.74, 6) is 0.338. The summed E-state index contributed by atoms with van der Waals surface area (Å²) >= 11 is 0. The van der Waals surface area contributed by atoms with Crippen molar-refractivity contribution in [1.82, 2.24) is 9.97 Å². The highest BCUT2D eigenvalue weighted by Crippen LogP contribution is 2.21. The number of benzene rings is 1. The molecule has 0 saturated heterocycles. The minimum Gasteiger partial charge on any atom is -0.294 e. The quantitative estimate of drug-likeness (QED) is 0.787. The summed E-state index contributed by atoms with van der Waals surface area (Å²) in [5.41, 5.74) is 1.20. The molecule has 23 heavy (non-hydrogen) atoms. The van der Waals surface area contributed by atoms with Crippen LogP contribution in [-0.2, 0) is 22.0 Å². The van der Waals surface area contributed by atoms with Crippen molar-refractivity contribution in [2.75, 3.05) is 0 Å². The molecular formula is C17H20N2O3S. The first kappa shape index (κ1) is 17.3. The van der Waals surface area contributed by atoms with Gasteiger partial charge in [-0.1, -0.05) is 24.3 Å². The predicted octanol–water partition coefficient (Wildman–Crippen LogP) is 2.62. The average Bonchev–Trinajstić information content (AvgIpc) is 2.47. The zero-order valence-corrected chi connectivity index (χ0v) is 14.3. The van der Waals surface area contributed by atoms with E-state index in [1.807, 2.05) is 0 Å². The van der Waals surface area contributed by atoms with Crippen LogP contribution in [0, 0.1) is 0 Å². The van der Waals surface area contributed by atoms with Crippen molar-refractivity contribution in [3.8, 4) is 0 Å². The van der Waals surface area contributed by atoms with Gasteiger partial charge in [-0.15, -0.1) is 0 Å². The third-order valence-corrected chi connectivity index (χ3v) is 6.08. The highest BCUT2D eigenvalue weighted by atomic mass is 32.2. The molecule has 0 amide bonds. The van der Waals surface area contributed by atoms with Gasteiger partial charge < -0.3 is 0 Å². The van der Waals surface area contributed by atoms with Crippen molar-refractivity contribution in [3.63, 3.8) is 0 Å². The number of aromatic nitrogens is 2. The number of carbonyl (C=O) groups excluding carboxylic acids is 1. The Morgan fingerprint density at radius 2 is 1.61 bits per heavy atom. The predicted molar refractivity (Wildman–Crippen MR) is 88.9 cm³/mol. The van der Waals surface area contributed by atoms with E-state index in [4.69, 9.17) is 0 Å². The molecule has 0 saturated carbocycles. The number of Topliss-reactive ketones (excluding diaryl/α,β-unsaturated/α-hetero) is 1. The molecule has 0 aliphatic carbocycles. The minimum atomic E-state index is -3.24. The number of hydrogen-bond donors (Lipinski definition) is 0. The van der Waals surface area contributed by atoms with E-state index in [1.54, 1.807) is 63.5 Å². The molecule has 0 aliphatic heterocycles. The van der Waals surface area contributed by atoms with Crippen molar-refractivity contribution < 1.29 is 13.2 Å². The summed E-state index contributed by atoms with van der Waals surface area (Å²) in [7, 11) is -3.24. The lowest BCUT2D eigenvalue weighted by Crippen LogP contribution is -2.29. The average molecular weight is 332 g/mol. The Morgan fingerprint density at radius 3 is 2.13 bits per heavy atom. The fraction of sp³-hybridized carbons (Fsp3) is 0.353. The lowest BCUT2D eigenvalue weighted by molar-refractivity contribution is 0.0991. The Morgan fingerprint density at radius 1 is 1.04 bits per heavy atom. The fourth-order valence-corrected chi connectivity index (χ4v) is 2.95. The zero-order valence-electron chi connectivity index (χ0n) is 13.5. The van der Waals surface area contributed by atoms with Crippen molar-refractivity contribution in [3.05, 3.63) is 59.7 Å². The Kier molecular flexibility index (Phi) is 4.94. The molecule has 1 aromatic heterocycles. The van der Waals surface area contributed by atoms with Crippen molar-refractivity contribution in [1.29, 1.82) is 0 Å². The van der Waals surface area contributed by atoms with E-state index in [-0.39, 0.29) is 18.0 Å². The van der Waals surface area contributed by atoms with Gasteiger partial charge in [0.2, 0.25) is 0 Å². The number of rotatable bonds is 5. The molecule has 0 bridgehead atoms. The summed E-state index contributed by atoms with van der Waals surface area (Å²) in [6, 6.07) is 8.36. The number of carbonyl (C=O) groups is 1. The van der Waals surface area contributed by atoms with E-state index in [2.05, 4.69) is 9.97 Å². The molecule has 6 heteroatoms. The van der Waals surface area contributed by atoms with Gasteiger partial charge >= 0.3 is 0 Å². The van der Waals surface area contributed by atoms with E-state index >= 15 is 0 Å². The summed E-state index contributed by atoms with van der Waals surface area (Å²) in [4.78, 5) is 20.2. The van der Waals surface area contributed by atoms with Gasteiger partial charge in [-0.25, -0.2) is 18.4 Å². The van der Waals surface area contributed by atoms with Crippen molar-refractivity contribution in [2.24, 2.45) is 0 Å². The van der Waals surface area contributed by atoms with Crippen LogP contribution in [-0.4, -0.2) is 28.9 Å². The number of ketones is 1. The van der Waals surface area contributed by atoms with Gasteiger partial charge in [-0.3, -0.25) is 4.79 Å². The van der Waals surface area contributed by atoms with Crippen LogP contribution in [0.2, 0.25) is 0 Å². The third kappa shape index (κ3) is 4.45. The van der Waals surface area contributed by atoms with Gasteiger partial charge in [-0.05, 0) is 32.4 Å². The molecule has 1 aromatic carbocycles. The molecular weight excluding hydrogens is 312 g/mol. The van der Waals surface area contributed by atoms with Crippen LogP contribution in [0.5, 0.6) is 0 Å². The van der Waals surface area contributed by atoms with Gasteiger partial charge in [0, 0.05) is 18.0 Å². The van der Waals surface area contributed by atoms with Crippen molar-refractivity contribution in [2.45, 2.75) is 37.7 Å². The molecule has 0 radical (unpaired) electrons. The first-order valence-corrected chi connectivity index (χ1v) is 8.94. The van der Waals surface area contributed by atoms with E-state index in [0.717, 1.165) is 0 Å². The molecule has 122 valence electrons. The second kappa shape index (κ2) is 6.58. The Balaban J connectivity index is 2.09. The van der Waals surface area contributed by atoms with Gasteiger partial charge in [0.15, 0.2) is 15.6 Å². The smallest absolute Gasteiger partial charge is 0.170 e.